The van der Waals surface area contributed by atoms with Gasteiger partial charge in [0.05, 0.1) is 31.5 Å². The molecule has 11 nitrogen and oxygen atoms in total. The topological polar surface area (TPSA) is 129 Å². The molecular weight excluding hydrogens is 840 g/mol. The number of oxime groups is 1. The van der Waals surface area contributed by atoms with Crippen LogP contribution < -0.4 is 9.47 Å². The van der Waals surface area contributed by atoms with Gasteiger partial charge in [-0.25, -0.2) is 9.18 Å². The van der Waals surface area contributed by atoms with Gasteiger partial charge in [0.15, 0.2) is 0 Å². The quantitative estimate of drug-likeness (QED) is 0.0506. The number of aliphatic hydroxyl groups excluding tert-OH is 2. The maximum atomic E-state index is 14.5. The number of halogens is 1. The minimum atomic E-state index is -1.51. The summed E-state index contributed by atoms with van der Waals surface area (Å²) in [5.41, 5.74) is 5.37. The number of carbonyl (C=O) groups excluding carboxylic acids is 1. The zero-order valence-corrected chi connectivity index (χ0v) is 37.9. The summed E-state index contributed by atoms with van der Waals surface area (Å²) in [6.45, 7) is 6.83. The van der Waals surface area contributed by atoms with E-state index in [1.807, 2.05) is 42.5 Å². The Balaban J connectivity index is 1.30. The number of rotatable bonds is 20. The molecule has 0 aromatic heterocycles. The van der Waals surface area contributed by atoms with Crippen molar-refractivity contribution in [2.24, 2.45) is 22.9 Å². The van der Waals surface area contributed by atoms with Crippen molar-refractivity contribution in [3.63, 3.8) is 0 Å². The van der Waals surface area contributed by atoms with Crippen LogP contribution in [-0.4, -0.2) is 78.1 Å². The number of amides is 1. The lowest BCUT2D eigenvalue weighted by Gasteiger charge is -2.59. The van der Waals surface area contributed by atoms with Gasteiger partial charge < -0.3 is 38.7 Å². The Morgan fingerprint density at radius 2 is 1.67 bits per heavy atom. The Bertz CT molecular complexity index is 2280. The van der Waals surface area contributed by atoms with Crippen molar-refractivity contribution in [2.45, 2.75) is 102 Å². The Labute approximate surface area is 387 Å². The molecule has 1 unspecified atom stereocenters. The van der Waals surface area contributed by atoms with E-state index in [0.29, 0.717) is 54.4 Å². The Kier molecular flexibility index (Phi) is 15.9. The van der Waals surface area contributed by atoms with Crippen LogP contribution >= 0.6 is 0 Å². The Hall–Kier alpha value is -5.53. The van der Waals surface area contributed by atoms with Gasteiger partial charge in [0.2, 0.25) is 12.1 Å². The number of hydrogen-bond donors (Lipinski definition) is 2. The fraction of sp³-hybridized carbons (Fsp3) is 0.444. The summed E-state index contributed by atoms with van der Waals surface area (Å²) >= 11 is 0. The summed E-state index contributed by atoms with van der Waals surface area (Å²) in [5.74, 6) is -0.750. The Morgan fingerprint density at radius 1 is 0.924 bits per heavy atom. The molecule has 350 valence electrons. The number of aliphatic hydroxyl groups is 2. The van der Waals surface area contributed by atoms with Crippen LogP contribution in [0.4, 0.5) is 9.18 Å². The molecule has 2 N–H and O–H groups in total. The lowest BCUT2D eigenvalue weighted by Crippen LogP contribution is -2.70. The fourth-order valence-electron chi connectivity index (χ4n) is 10.4. The normalized spacial score (nSPS) is 24.8. The average molecular weight is 903 g/mol. The standard InChI is InChI=1S/C54H63FN2O9/c1-3-31-63-54-49(57(53(60)61-4-2)36-37-19-23-41(55)24-20-37)35-47(56-66-50-18-10-13-32-62-50)45-33-40(16-8-11-29-58)44(17-9-12-30-59)51(52(45)54)46-34-43(27-28-48(46)65-54)64-42-25-21-39(22-26-42)38-14-6-5-7-15-38/h3,5-7,14-15,19-28,33-34,40,44,49-52,58-59H,1,4,8-13,16-18,29-32,35-36H2,2H3/t40-,44+,49-,50?,51+,52+,54+/m0/s1. The van der Waals surface area contributed by atoms with Crippen molar-refractivity contribution < 1.29 is 47.9 Å². The van der Waals surface area contributed by atoms with E-state index >= 15 is 0 Å². The van der Waals surface area contributed by atoms with Gasteiger partial charge in [-0.15, -0.1) is 6.58 Å². The minimum Gasteiger partial charge on any atom is -0.459 e. The van der Waals surface area contributed by atoms with E-state index in [0.717, 1.165) is 60.8 Å². The van der Waals surface area contributed by atoms with Gasteiger partial charge in [0.25, 0.3) is 0 Å². The first kappa shape index (κ1) is 47.0. The molecule has 1 amide bonds. The van der Waals surface area contributed by atoms with Crippen molar-refractivity contribution in [3.05, 3.63) is 138 Å². The van der Waals surface area contributed by atoms with Gasteiger partial charge in [-0.3, -0.25) is 4.90 Å². The van der Waals surface area contributed by atoms with Crippen LogP contribution in [0.1, 0.15) is 88.2 Å². The van der Waals surface area contributed by atoms with E-state index < -0.39 is 30.1 Å². The number of unbranched alkanes of at least 4 members (excludes halogenated alkanes) is 2. The first-order valence-corrected chi connectivity index (χ1v) is 23.7. The summed E-state index contributed by atoms with van der Waals surface area (Å²) in [4.78, 5) is 22.4. The van der Waals surface area contributed by atoms with Crippen molar-refractivity contribution in [3.8, 4) is 28.4 Å². The van der Waals surface area contributed by atoms with Crippen LogP contribution in [0.25, 0.3) is 11.1 Å². The molecule has 1 saturated carbocycles. The van der Waals surface area contributed by atoms with Crippen LogP contribution in [0.3, 0.4) is 0 Å². The number of benzene rings is 4. The molecule has 0 bridgehead atoms. The molecule has 4 aromatic carbocycles. The largest absolute Gasteiger partial charge is 0.459 e. The number of hydrogen-bond acceptors (Lipinski definition) is 10. The lowest BCUT2D eigenvalue weighted by atomic mass is 9.55. The third-order valence-corrected chi connectivity index (χ3v) is 13.4. The van der Waals surface area contributed by atoms with Gasteiger partial charge in [-0.05, 0) is 122 Å². The number of carbonyl (C=O) groups is 1. The van der Waals surface area contributed by atoms with E-state index in [-0.39, 0.29) is 63.0 Å². The highest BCUT2D eigenvalue weighted by atomic mass is 19.1. The molecule has 4 aromatic rings. The summed E-state index contributed by atoms with van der Waals surface area (Å²) in [6.07, 6.45) is 10.1. The fourth-order valence-corrected chi connectivity index (χ4v) is 10.4. The molecule has 2 fully saturated rings. The summed E-state index contributed by atoms with van der Waals surface area (Å²) in [5, 5.41) is 25.0. The highest BCUT2D eigenvalue weighted by molar-refractivity contribution is 6.03. The van der Waals surface area contributed by atoms with Gasteiger partial charge >= 0.3 is 6.09 Å². The molecule has 2 heterocycles. The molecule has 7 atom stereocenters. The second kappa shape index (κ2) is 22.3. The first-order chi connectivity index (χ1) is 32.3. The molecule has 0 radical (unpaired) electrons. The predicted octanol–water partition coefficient (Wildman–Crippen LogP) is 11.1. The zero-order chi connectivity index (χ0) is 45.9. The Morgan fingerprint density at radius 3 is 2.38 bits per heavy atom. The van der Waals surface area contributed by atoms with E-state index in [1.54, 1.807) is 30.0 Å². The van der Waals surface area contributed by atoms with Crippen molar-refractivity contribution >= 4 is 11.8 Å². The molecule has 1 saturated heterocycles. The molecule has 2 aliphatic carbocycles. The average Bonchev–Trinajstić information content (AvgIpc) is 3.34. The second-order valence-electron chi connectivity index (χ2n) is 17.6. The maximum Gasteiger partial charge on any atom is 0.410 e. The van der Waals surface area contributed by atoms with Gasteiger partial charge in [-0.1, -0.05) is 84.7 Å². The van der Waals surface area contributed by atoms with E-state index in [4.69, 9.17) is 33.7 Å². The SMILES string of the molecule is C=CCO[C@@]12Oc3ccc(Oc4ccc(-c5ccccc5)cc4)cc3[C@H]3[C@H](CCCCO)[C@@H](CCCCO)C=C(C(=NOC4CCCCO4)C[C@@H]1N(Cc1ccc(F)cc1)C(=O)OCC)[C@H]32. The first-order valence-electron chi connectivity index (χ1n) is 23.7. The van der Waals surface area contributed by atoms with Crippen molar-refractivity contribution in [1.82, 2.24) is 4.90 Å². The number of fused-ring (bicyclic) bond motifs is 2. The van der Waals surface area contributed by atoms with Crippen LogP contribution in [0.2, 0.25) is 0 Å². The lowest BCUT2D eigenvalue weighted by molar-refractivity contribution is -0.256. The number of ether oxygens (including phenoxy) is 5. The molecule has 8 rings (SSSR count). The highest BCUT2D eigenvalue weighted by Crippen LogP contribution is 2.62. The van der Waals surface area contributed by atoms with Crippen molar-refractivity contribution in [1.29, 1.82) is 0 Å². The van der Waals surface area contributed by atoms with Gasteiger partial charge in [0.1, 0.15) is 29.1 Å². The molecular formula is C54H63FN2O9. The van der Waals surface area contributed by atoms with Crippen LogP contribution in [0.5, 0.6) is 17.2 Å². The monoisotopic (exact) mass is 902 g/mol. The summed E-state index contributed by atoms with van der Waals surface area (Å²) < 4.78 is 47.3. The molecule has 4 aliphatic rings. The number of nitrogens with zero attached hydrogens (tertiary/aromatic N) is 2. The highest BCUT2D eigenvalue weighted by Gasteiger charge is 2.65. The van der Waals surface area contributed by atoms with E-state index in [1.165, 1.54) is 12.1 Å². The zero-order valence-electron chi connectivity index (χ0n) is 37.9. The third kappa shape index (κ3) is 10.5. The second-order valence-corrected chi connectivity index (χ2v) is 17.6. The molecule has 0 spiro atoms. The molecule has 66 heavy (non-hydrogen) atoms. The number of allylic oxidation sites excluding steroid dienone is 1. The maximum absolute atomic E-state index is 14.5. The summed E-state index contributed by atoms with van der Waals surface area (Å²) in [6, 6.07) is 29.4. The van der Waals surface area contributed by atoms with E-state index in [2.05, 4.69) is 43.0 Å². The summed E-state index contributed by atoms with van der Waals surface area (Å²) in [7, 11) is 0. The molecule has 2 aliphatic heterocycles. The molecule has 12 heteroatoms. The smallest absolute Gasteiger partial charge is 0.410 e. The van der Waals surface area contributed by atoms with Crippen molar-refractivity contribution in [2.75, 3.05) is 33.0 Å². The van der Waals surface area contributed by atoms with Gasteiger partial charge in [-0.2, -0.15) is 0 Å². The van der Waals surface area contributed by atoms with Gasteiger partial charge in [0, 0.05) is 44.1 Å². The van der Waals surface area contributed by atoms with Crippen LogP contribution in [0, 0.1) is 23.6 Å². The minimum absolute atomic E-state index is 0.00879. The van der Waals surface area contributed by atoms with E-state index in [9.17, 15) is 19.4 Å². The van der Waals surface area contributed by atoms with Crippen LogP contribution in [-0.2, 0) is 25.6 Å². The predicted molar refractivity (Wildman–Crippen MR) is 251 cm³/mol. The van der Waals surface area contributed by atoms with Crippen LogP contribution in [0.15, 0.2) is 127 Å². The third-order valence-electron chi connectivity index (χ3n) is 13.4.